The number of halogens is 2. The second kappa shape index (κ2) is 6.49. The minimum absolute atomic E-state index is 0.0214. The normalized spacial score (nSPS) is 11.7. The van der Waals surface area contributed by atoms with E-state index in [4.69, 9.17) is 23.2 Å². The van der Waals surface area contributed by atoms with Gasteiger partial charge in [0.05, 0.1) is 5.02 Å². The van der Waals surface area contributed by atoms with E-state index in [9.17, 15) is 8.42 Å². The van der Waals surface area contributed by atoms with Gasteiger partial charge in [-0.05, 0) is 34.5 Å². The van der Waals surface area contributed by atoms with Gasteiger partial charge in [-0.15, -0.1) is 0 Å². The van der Waals surface area contributed by atoms with Crippen molar-refractivity contribution in [1.82, 2.24) is 4.72 Å². The van der Waals surface area contributed by atoms with Gasteiger partial charge in [-0.25, -0.2) is 13.1 Å². The number of rotatable bonds is 4. The summed E-state index contributed by atoms with van der Waals surface area (Å²) in [6, 6.07) is 18.0. The summed E-state index contributed by atoms with van der Waals surface area (Å²) in [6.45, 7) is 0.173. The van der Waals surface area contributed by atoms with Crippen molar-refractivity contribution < 1.29 is 8.42 Å². The molecular weight excluding hydrogens is 353 g/mol. The molecule has 0 heterocycles. The van der Waals surface area contributed by atoms with Crippen LogP contribution in [0.4, 0.5) is 0 Å². The Balaban J connectivity index is 1.91. The first kappa shape index (κ1) is 16.3. The molecule has 1 N–H and O–H groups in total. The Bertz CT molecular complexity index is 966. The Morgan fingerprint density at radius 2 is 1.65 bits per heavy atom. The minimum atomic E-state index is -3.75. The smallest absolute Gasteiger partial charge is 0.207 e. The molecule has 3 aromatic carbocycles. The molecule has 0 spiro atoms. The van der Waals surface area contributed by atoms with E-state index in [1.165, 1.54) is 12.1 Å². The topological polar surface area (TPSA) is 46.2 Å². The standard InChI is InChI=1S/C17H13Cl2NO2S/c18-14-8-9-16(19)17(10-14)23(21,22)20-11-13-6-3-5-12-4-1-2-7-15(12)13/h1-10,20H,11H2. The summed E-state index contributed by atoms with van der Waals surface area (Å²) in [6.07, 6.45) is 0. The molecule has 0 radical (unpaired) electrons. The fraction of sp³-hybridized carbons (Fsp3) is 0.0588. The van der Waals surface area contributed by atoms with Crippen LogP contribution < -0.4 is 4.72 Å². The Morgan fingerprint density at radius 1 is 0.913 bits per heavy atom. The highest BCUT2D eigenvalue weighted by Gasteiger charge is 2.18. The lowest BCUT2D eigenvalue weighted by Crippen LogP contribution is -2.23. The van der Waals surface area contributed by atoms with E-state index in [0.29, 0.717) is 5.02 Å². The molecule has 0 aliphatic rings. The van der Waals surface area contributed by atoms with Crippen LogP contribution in [0.1, 0.15) is 5.56 Å². The maximum Gasteiger partial charge on any atom is 0.242 e. The number of hydrogen-bond donors (Lipinski definition) is 1. The Kier molecular flexibility index (Phi) is 4.60. The van der Waals surface area contributed by atoms with Crippen molar-refractivity contribution in [3.05, 3.63) is 76.3 Å². The zero-order valence-electron chi connectivity index (χ0n) is 12.0. The quantitative estimate of drug-likeness (QED) is 0.732. The fourth-order valence-corrected chi connectivity index (χ4v) is 4.15. The average molecular weight is 366 g/mol. The molecule has 3 rings (SSSR count). The molecule has 0 atom stereocenters. The predicted molar refractivity (Wildman–Crippen MR) is 94.4 cm³/mol. The van der Waals surface area contributed by atoms with Gasteiger partial charge in [0.1, 0.15) is 4.90 Å². The summed E-state index contributed by atoms with van der Waals surface area (Å²) in [5.74, 6) is 0. The highest BCUT2D eigenvalue weighted by Crippen LogP contribution is 2.25. The molecule has 3 nitrogen and oxygen atoms in total. The van der Waals surface area contributed by atoms with Gasteiger partial charge in [0, 0.05) is 11.6 Å². The first-order valence-corrected chi connectivity index (χ1v) is 9.13. The van der Waals surface area contributed by atoms with Crippen LogP contribution in [0.25, 0.3) is 10.8 Å². The lowest BCUT2D eigenvalue weighted by Gasteiger charge is -2.10. The van der Waals surface area contributed by atoms with E-state index in [2.05, 4.69) is 4.72 Å². The van der Waals surface area contributed by atoms with Gasteiger partial charge in [0.25, 0.3) is 0 Å². The summed E-state index contributed by atoms with van der Waals surface area (Å²) in [4.78, 5) is -0.0214. The molecule has 0 aliphatic heterocycles. The van der Waals surface area contributed by atoms with Crippen molar-refractivity contribution in [2.24, 2.45) is 0 Å². The third kappa shape index (κ3) is 3.51. The molecule has 0 unspecified atom stereocenters. The molecule has 0 amide bonds. The van der Waals surface area contributed by atoms with Gasteiger partial charge < -0.3 is 0 Å². The molecule has 3 aromatic rings. The Hall–Kier alpha value is -1.59. The molecule has 23 heavy (non-hydrogen) atoms. The molecular formula is C17H13Cl2NO2S. The first-order valence-electron chi connectivity index (χ1n) is 6.89. The van der Waals surface area contributed by atoms with Gasteiger partial charge in [0.2, 0.25) is 10.0 Å². The molecule has 0 aromatic heterocycles. The molecule has 118 valence electrons. The number of hydrogen-bond acceptors (Lipinski definition) is 2. The van der Waals surface area contributed by atoms with Crippen LogP contribution in [0.15, 0.2) is 65.6 Å². The highest BCUT2D eigenvalue weighted by atomic mass is 35.5. The maximum atomic E-state index is 12.5. The maximum absolute atomic E-state index is 12.5. The largest absolute Gasteiger partial charge is 0.242 e. The third-order valence-corrected chi connectivity index (χ3v) is 5.63. The van der Waals surface area contributed by atoms with Gasteiger partial charge in [-0.2, -0.15) is 0 Å². The van der Waals surface area contributed by atoms with E-state index >= 15 is 0 Å². The Morgan fingerprint density at radius 3 is 2.48 bits per heavy atom. The van der Waals surface area contributed by atoms with Crippen molar-refractivity contribution in [2.45, 2.75) is 11.4 Å². The van der Waals surface area contributed by atoms with Crippen molar-refractivity contribution in [3.8, 4) is 0 Å². The second-order valence-electron chi connectivity index (χ2n) is 5.04. The van der Waals surface area contributed by atoms with Crippen LogP contribution >= 0.6 is 23.2 Å². The average Bonchev–Trinajstić information content (AvgIpc) is 2.55. The van der Waals surface area contributed by atoms with Crippen molar-refractivity contribution in [2.75, 3.05) is 0 Å². The zero-order chi connectivity index (χ0) is 16.4. The van der Waals surface area contributed by atoms with Crippen molar-refractivity contribution in [3.63, 3.8) is 0 Å². The summed E-state index contributed by atoms with van der Waals surface area (Å²) < 4.78 is 27.5. The lowest BCUT2D eigenvalue weighted by molar-refractivity contribution is 0.581. The summed E-state index contributed by atoms with van der Waals surface area (Å²) in [5, 5.41) is 2.53. The molecule has 0 bridgehead atoms. The minimum Gasteiger partial charge on any atom is -0.207 e. The number of benzene rings is 3. The van der Waals surface area contributed by atoms with E-state index in [0.717, 1.165) is 16.3 Å². The predicted octanol–water partition coefficient (Wildman–Crippen LogP) is 4.63. The third-order valence-electron chi connectivity index (χ3n) is 3.52. The van der Waals surface area contributed by atoms with E-state index in [-0.39, 0.29) is 16.5 Å². The molecule has 0 fully saturated rings. The van der Waals surface area contributed by atoms with Crippen LogP contribution in [0.5, 0.6) is 0 Å². The van der Waals surface area contributed by atoms with Crippen LogP contribution in [-0.2, 0) is 16.6 Å². The van der Waals surface area contributed by atoms with Crippen molar-refractivity contribution in [1.29, 1.82) is 0 Å². The van der Waals surface area contributed by atoms with Crippen LogP contribution in [0.3, 0.4) is 0 Å². The van der Waals surface area contributed by atoms with Crippen molar-refractivity contribution >= 4 is 44.0 Å². The second-order valence-corrected chi connectivity index (χ2v) is 7.62. The monoisotopic (exact) mass is 365 g/mol. The van der Waals surface area contributed by atoms with Crippen LogP contribution in [0.2, 0.25) is 10.0 Å². The first-order chi connectivity index (χ1) is 11.0. The number of sulfonamides is 1. The van der Waals surface area contributed by atoms with Gasteiger partial charge >= 0.3 is 0 Å². The molecule has 0 aliphatic carbocycles. The van der Waals surface area contributed by atoms with Crippen LogP contribution in [0, 0.1) is 0 Å². The van der Waals surface area contributed by atoms with Gasteiger partial charge in [-0.1, -0.05) is 65.7 Å². The lowest BCUT2D eigenvalue weighted by atomic mass is 10.1. The summed E-state index contributed by atoms with van der Waals surface area (Å²) >= 11 is 11.8. The van der Waals surface area contributed by atoms with E-state index < -0.39 is 10.0 Å². The molecule has 6 heteroatoms. The number of fused-ring (bicyclic) bond motifs is 1. The van der Waals surface area contributed by atoms with Crippen LogP contribution in [-0.4, -0.2) is 8.42 Å². The Labute approximate surface area is 144 Å². The highest BCUT2D eigenvalue weighted by molar-refractivity contribution is 7.89. The number of nitrogens with one attached hydrogen (secondary N) is 1. The molecule has 0 saturated carbocycles. The fourth-order valence-electron chi connectivity index (χ4n) is 2.38. The summed E-state index contributed by atoms with van der Waals surface area (Å²) in [5.41, 5.74) is 0.893. The SMILES string of the molecule is O=S(=O)(NCc1cccc2ccccc12)c1cc(Cl)ccc1Cl. The van der Waals surface area contributed by atoms with Gasteiger partial charge in [0.15, 0.2) is 0 Å². The molecule has 0 saturated heterocycles. The van der Waals surface area contributed by atoms with E-state index in [1.807, 2.05) is 42.5 Å². The summed E-state index contributed by atoms with van der Waals surface area (Å²) in [7, 11) is -3.75. The van der Waals surface area contributed by atoms with E-state index in [1.54, 1.807) is 6.07 Å². The van der Waals surface area contributed by atoms with Gasteiger partial charge in [-0.3, -0.25) is 0 Å². The zero-order valence-corrected chi connectivity index (χ0v) is 14.3.